The molecule has 0 aliphatic carbocycles. The van der Waals surface area contributed by atoms with Crippen molar-refractivity contribution < 1.29 is 22.4 Å². The minimum absolute atomic E-state index is 0.183. The van der Waals surface area contributed by atoms with E-state index in [1.165, 1.54) is 32.3 Å². The zero-order valence-electron chi connectivity index (χ0n) is 16.4. The van der Waals surface area contributed by atoms with Crippen LogP contribution >= 0.6 is 11.8 Å². The molecule has 2 aromatic heterocycles. The third kappa shape index (κ3) is 4.25. The minimum atomic E-state index is -3.50. The highest BCUT2D eigenvalue weighted by atomic mass is 32.2. The lowest BCUT2D eigenvalue weighted by Crippen LogP contribution is -2.22. The molecule has 0 bridgehead atoms. The van der Waals surface area contributed by atoms with Crippen molar-refractivity contribution >= 4 is 50.0 Å². The van der Waals surface area contributed by atoms with Gasteiger partial charge in [-0.3, -0.25) is 19.9 Å². The number of benzene rings is 1. The van der Waals surface area contributed by atoms with Crippen LogP contribution in [0.25, 0.3) is 17.0 Å². The first kappa shape index (κ1) is 20.9. The Kier molecular flexibility index (Phi) is 5.41. The van der Waals surface area contributed by atoms with Crippen LogP contribution in [0.3, 0.4) is 0 Å². The van der Waals surface area contributed by atoms with Gasteiger partial charge in [0, 0.05) is 43.5 Å². The Morgan fingerprint density at radius 3 is 2.52 bits per heavy atom. The number of furan rings is 1. The lowest BCUT2D eigenvalue weighted by Gasteiger charge is -2.10. The number of nitrogens with zero attached hydrogens (tertiary/aromatic N) is 2. The molecule has 3 heterocycles. The number of sulfonamides is 1. The predicted octanol–water partition coefficient (Wildman–Crippen LogP) is 2.80. The van der Waals surface area contributed by atoms with E-state index in [-0.39, 0.29) is 9.80 Å². The third-order valence-electron chi connectivity index (χ3n) is 4.33. The Morgan fingerprint density at radius 1 is 1.13 bits per heavy atom. The topological polar surface area (TPSA) is 110 Å². The van der Waals surface area contributed by atoms with Crippen LogP contribution in [0.5, 0.6) is 0 Å². The lowest BCUT2D eigenvalue weighted by atomic mass is 10.2. The monoisotopic (exact) mass is 453 g/mol. The molecule has 31 heavy (non-hydrogen) atoms. The largest absolute Gasteiger partial charge is 0.455 e. The molecule has 0 atom stereocenters. The van der Waals surface area contributed by atoms with E-state index in [4.69, 9.17) is 4.42 Å². The molecule has 10 heteroatoms. The minimum Gasteiger partial charge on any atom is -0.455 e. The molecule has 1 N–H and O–H groups in total. The molecule has 4 rings (SSSR count). The quantitative estimate of drug-likeness (QED) is 0.480. The number of rotatable bonds is 3. The molecule has 1 aromatic carbocycles. The summed E-state index contributed by atoms with van der Waals surface area (Å²) < 4.78 is 31.3. The highest BCUT2D eigenvalue weighted by molar-refractivity contribution is 8.18. The second-order valence-corrected chi connectivity index (χ2v) is 9.83. The van der Waals surface area contributed by atoms with E-state index in [2.05, 4.69) is 22.1 Å². The van der Waals surface area contributed by atoms with Crippen LogP contribution in [0.4, 0.5) is 4.79 Å². The first-order valence-electron chi connectivity index (χ1n) is 8.91. The number of carbonyl (C=O) groups excluding carboxylic acids is 2. The van der Waals surface area contributed by atoms with Crippen LogP contribution in [0.1, 0.15) is 16.9 Å². The maximum absolute atomic E-state index is 12.2. The van der Waals surface area contributed by atoms with E-state index in [0.717, 1.165) is 16.1 Å². The highest BCUT2D eigenvalue weighted by Crippen LogP contribution is 2.29. The molecule has 1 aliphatic heterocycles. The molecule has 1 saturated heterocycles. The van der Waals surface area contributed by atoms with E-state index >= 15 is 0 Å². The van der Waals surface area contributed by atoms with E-state index in [1.807, 2.05) is 0 Å². The Labute approximate surface area is 182 Å². The van der Waals surface area contributed by atoms with Crippen LogP contribution in [0.2, 0.25) is 0 Å². The van der Waals surface area contributed by atoms with E-state index in [1.54, 1.807) is 30.6 Å². The number of nitrogens with one attached hydrogen (secondary N) is 1. The van der Waals surface area contributed by atoms with E-state index in [0.29, 0.717) is 27.9 Å². The first-order chi connectivity index (χ1) is 14.7. The summed E-state index contributed by atoms with van der Waals surface area (Å²) in [7, 11) is -0.556. The van der Waals surface area contributed by atoms with Gasteiger partial charge in [0.2, 0.25) is 10.0 Å². The second kappa shape index (κ2) is 8.03. The standard InChI is InChI=1S/C21H15N3O5S2/c1-24(2)31(27,28)17-7-4-13(5-8-17)3-6-14-11-22-12-15-9-16(29-19(14)15)10-18-20(25)23-21(26)30-18/h4-5,7-12H,1-2H3,(H,23,25,26). The highest BCUT2D eigenvalue weighted by Gasteiger charge is 2.25. The molecular formula is C21H15N3O5S2. The van der Waals surface area contributed by atoms with Crippen LogP contribution in [-0.2, 0) is 14.8 Å². The van der Waals surface area contributed by atoms with Crippen molar-refractivity contribution in [3.8, 4) is 11.8 Å². The molecule has 1 aliphatic rings. The van der Waals surface area contributed by atoms with Crippen LogP contribution < -0.4 is 5.32 Å². The fraction of sp³-hybridized carbons (Fsp3) is 0.0952. The van der Waals surface area contributed by atoms with Gasteiger partial charge in [-0.15, -0.1) is 0 Å². The molecule has 1 fully saturated rings. The maximum atomic E-state index is 12.2. The number of imide groups is 1. The van der Waals surface area contributed by atoms with Gasteiger partial charge in [0.05, 0.1) is 15.4 Å². The number of hydrogen-bond acceptors (Lipinski definition) is 7. The van der Waals surface area contributed by atoms with Gasteiger partial charge in [-0.2, -0.15) is 0 Å². The van der Waals surface area contributed by atoms with Crippen molar-refractivity contribution in [2.75, 3.05) is 14.1 Å². The molecule has 3 aromatic rings. The summed E-state index contributed by atoms with van der Waals surface area (Å²) in [5.41, 5.74) is 1.66. The summed E-state index contributed by atoms with van der Waals surface area (Å²) in [6.07, 6.45) is 4.66. The van der Waals surface area contributed by atoms with Gasteiger partial charge in [-0.1, -0.05) is 11.8 Å². The lowest BCUT2D eigenvalue weighted by molar-refractivity contribution is -0.115. The first-order valence-corrected chi connectivity index (χ1v) is 11.2. The van der Waals surface area contributed by atoms with Gasteiger partial charge in [0.15, 0.2) is 5.58 Å². The number of amides is 2. The molecule has 8 nitrogen and oxygen atoms in total. The van der Waals surface area contributed by atoms with Crippen molar-refractivity contribution in [1.82, 2.24) is 14.6 Å². The van der Waals surface area contributed by atoms with Crippen molar-refractivity contribution in [3.05, 3.63) is 64.5 Å². The Balaban J connectivity index is 1.64. The SMILES string of the molecule is CN(C)S(=O)(=O)c1ccc(C#Cc2cncc3cc(C=C4SC(=O)NC4=O)oc23)cc1. The molecule has 0 unspecified atom stereocenters. The Bertz CT molecular complexity index is 1410. The molecule has 0 saturated carbocycles. The number of hydrogen-bond donors (Lipinski definition) is 1. The average Bonchev–Trinajstić information content (AvgIpc) is 3.28. The normalized spacial score (nSPS) is 15.4. The fourth-order valence-electron chi connectivity index (χ4n) is 2.75. The summed E-state index contributed by atoms with van der Waals surface area (Å²) in [4.78, 5) is 27.6. The van der Waals surface area contributed by atoms with Gasteiger partial charge in [-0.25, -0.2) is 12.7 Å². The van der Waals surface area contributed by atoms with Gasteiger partial charge in [0.25, 0.3) is 11.1 Å². The number of fused-ring (bicyclic) bond motifs is 1. The van der Waals surface area contributed by atoms with Crippen molar-refractivity contribution in [2.24, 2.45) is 0 Å². The summed E-state index contributed by atoms with van der Waals surface area (Å²) in [6, 6.07) is 7.96. The molecule has 156 valence electrons. The third-order valence-corrected chi connectivity index (χ3v) is 6.97. The van der Waals surface area contributed by atoms with Crippen molar-refractivity contribution in [1.29, 1.82) is 0 Å². The maximum Gasteiger partial charge on any atom is 0.290 e. The molecular weight excluding hydrogens is 438 g/mol. The zero-order chi connectivity index (χ0) is 22.2. The fourth-order valence-corrected chi connectivity index (χ4v) is 4.32. The van der Waals surface area contributed by atoms with Gasteiger partial charge in [-0.05, 0) is 42.1 Å². The zero-order valence-corrected chi connectivity index (χ0v) is 18.0. The van der Waals surface area contributed by atoms with Crippen LogP contribution in [0, 0.1) is 11.8 Å². The smallest absolute Gasteiger partial charge is 0.290 e. The summed E-state index contributed by atoms with van der Waals surface area (Å²) >= 11 is 0.807. The number of pyridine rings is 1. The second-order valence-electron chi connectivity index (χ2n) is 6.67. The molecule has 0 radical (unpaired) electrons. The Hall–Kier alpha value is -3.39. The van der Waals surface area contributed by atoms with E-state index in [9.17, 15) is 18.0 Å². The van der Waals surface area contributed by atoms with E-state index < -0.39 is 21.2 Å². The molecule has 0 spiro atoms. The predicted molar refractivity (Wildman–Crippen MR) is 116 cm³/mol. The summed E-state index contributed by atoms with van der Waals surface area (Å²) in [5, 5.41) is 2.46. The van der Waals surface area contributed by atoms with Crippen molar-refractivity contribution in [2.45, 2.75) is 4.90 Å². The Morgan fingerprint density at radius 2 is 1.87 bits per heavy atom. The summed E-state index contributed by atoms with van der Waals surface area (Å²) in [5.74, 6) is 5.89. The van der Waals surface area contributed by atoms with Gasteiger partial charge in [0.1, 0.15) is 5.76 Å². The summed E-state index contributed by atoms with van der Waals surface area (Å²) in [6.45, 7) is 0. The molecule has 2 amide bonds. The van der Waals surface area contributed by atoms with Gasteiger partial charge >= 0.3 is 0 Å². The number of thioether (sulfide) groups is 1. The van der Waals surface area contributed by atoms with Crippen LogP contribution in [0.15, 0.2) is 56.9 Å². The van der Waals surface area contributed by atoms with Gasteiger partial charge < -0.3 is 4.42 Å². The number of aromatic nitrogens is 1. The van der Waals surface area contributed by atoms with Crippen LogP contribution in [-0.4, -0.2) is 42.9 Å². The number of carbonyl (C=O) groups is 2. The van der Waals surface area contributed by atoms with Crippen molar-refractivity contribution in [3.63, 3.8) is 0 Å². The average molecular weight is 454 g/mol.